The maximum Gasteiger partial charge on any atom is 0.376 e. The van der Waals surface area contributed by atoms with E-state index in [0.717, 1.165) is 19.6 Å². The Hall–Kier alpha value is -0.995. The summed E-state index contributed by atoms with van der Waals surface area (Å²) < 4.78 is 0. The van der Waals surface area contributed by atoms with Gasteiger partial charge in [0, 0.05) is 25.3 Å². The highest BCUT2D eigenvalue weighted by atomic mass is 16.2. The number of fused-ring (bicyclic) bond motifs is 1. The van der Waals surface area contributed by atoms with Crippen LogP contribution in [-0.2, 0) is 6.54 Å². The van der Waals surface area contributed by atoms with E-state index < -0.39 is 0 Å². The van der Waals surface area contributed by atoms with Crippen molar-refractivity contribution in [2.45, 2.75) is 13.4 Å². The molecule has 1 aromatic carbocycles. The summed E-state index contributed by atoms with van der Waals surface area (Å²) in [5.74, 6) is 0. The van der Waals surface area contributed by atoms with Gasteiger partial charge in [0.05, 0.1) is 0 Å². The first-order chi connectivity index (χ1) is 6.77. The van der Waals surface area contributed by atoms with Gasteiger partial charge < -0.3 is 15.2 Å². The van der Waals surface area contributed by atoms with Gasteiger partial charge in [0.15, 0.2) is 0 Å². The monoisotopic (exact) mass is 190 g/mol. The molecule has 1 heterocycles. The van der Waals surface area contributed by atoms with Crippen LogP contribution >= 0.6 is 0 Å². The molecule has 3 nitrogen and oxygen atoms in total. The quantitative estimate of drug-likeness (QED) is 0.649. The lowest BCUT2D eigenvalue weighted by Gasteiger charge is -2.20. The van der Waals surface area contributed by atoms with Gasteiger partial charge in [0.2, 0.25) is 0 Å². The molecule has 1 aromatic rings. The molecule has 74 valence electrons. The van der Waals surface area contributed by atoms with Crippen molar-refractivity contribution in [3.05, 3.63) is 29.8 Å². The van der Waals surface area contributed by atoms with Crippen molar-refractivity contribution in [3.8, 4) is 0 Å². The first kappa shape index (κ1) is 9.56. The fourth-order valence-electron chi connectivity index (χ4n) is 1.78. The molecule has 0 amide bonds. The van der Waals surface area contributed by atoms with Crippen LogP contribution in [0.15, 0.2) is 24.3 Å². The molecule has 0 saturated heterocycles. The van der Waals surface area contributed by atoms with Crippen LogP contribution in [0, 0.1) is 0 Å². The van der Waals surface area contributed by atoms with Gasteiger partial charge >= 0.3 is 7.05 Å². The normalized spacial score (nSPS) is 16.7. The zero-order valence-electron chi connectivity index (χ0n) is 8.40. The summed E-state index contributed by atoms with van der Waals surface area (Å²) in [6, 6.07) is 8.25. The second kappa shape index (κ2) is 4.03. The van der Waals surface area contributed by atoms with Crippen molar-refractivity contribution in [1.29, 1.82) is 0 Å². The largest absolute Gasteiger partial charge is 0.437 e. The van der Waals surface area contributed by atoms with Crippen LogP contribution in [0.3, 0.4) is 0 Å². The van der Waals surface area contributed by atoms with Crippen LogP contribution < -0.4 is 5.32 Å². The molecule has 0 atom stereocenters. The van der Waals surface area contributed by atoms with Gasteiger partial charge in [-0.05, 0) is 18.5 Å². The van der Waals surface area contributed by atoms with E-state index in [1.165, 1.54) is 11.3 Å². The molecule has 2 N–H and O–H groups in total. The third-order valence-electron chi connectivity index (χ3n) is 2.63. The number of para-hydroxylation sites is 1. The molecular formula is C10H15BN2O. The van der Waals surface area contributed by atoms with E-state index in [1.807, 2.05) is 19.0 Å². The van der Waals surface area contributed by atoms with Gasteiger partial charge in [-0.15, -0.1) is 0 Å². The molecule has 0 aromatic heterocycles. The van der Waals surface area contributed by atoms with Crippen molar-refractivity contribution in [2.24, 2.45) is 0 Å². The number of anilines is 1. The number of benzene rings is 1. The lowest BCUT2D eigenvalue weighted by molar-refractivity contribution is 0.374. The molecule has 14 heavy (non-hydrogen) atoms. The first-order valence-corrected chi connectivity index (χ1v) is 5.01. The molecule has 2 rings (SSSR count). The second-order valence-corrected chi connectivity index (χ2v) is 3.69. The molecule has 0 aliphatic carbocycles. The summed E-state index contributed by atoms with van der Waals surface area (Å²) in [5.41, 5.74) is 2.45. The average Bonchev–Trinajstić information content (AvgIpc) is 2.39. The molecule has 0 bridgehead atoms. The smallest absolute Gasteiger partial charge is 0.376 e. The van der Waals surface area contributed by atoms with Gasteiger partial charge in [0.1, 0.15) is 0 Å². The summed E-state index contributed by atoms with van der Waals surface area (Å²) in [5, 5.41) is 12.9. The van der Waals surface area contributed by atoms with Gasteiger partial charge in [0.25, 0.3) is 0 Å². The molecule has 0 saturated carbocycles. The Kier molecular flexibility index (Phi) is 2.75. The van der Waals surface area contributed by atoms with Gasteiger partial charge in [-0.2, -0.15) is 0 Å². The Morgan fingerprint density at radius 2 is 2.21 bits per heavy atom. The van der Waals surface area contributed by atoms with Gasteiger partial charge in [-0.25, -0.2) is 0 Å². The molecule has 0 fully saturated rings. The predicted molar refractivity (Wildman–Crippen MR) is 59.2 cm³/mol. The van der Waals surface area contributed by atoms with Gasteiger partial charge in [-0.1, -0.05) is 18.2 Å². The first-order valence-electron chi connectivity index (χ1n) is 5.01. The molecule has 4 heteroatoms. The number of rotatable bonds is 1. The van der Waals surface area contributed by atoms with Crippen molar-refractivity contribution in [1.82, 2.24) is 4.81 Å². The van der Waals surface area contributed by atoms with E-state index in [1.54, 1.807) is 0 Å². The third-order valence-corrected chi connectivity index (χ3v) is 2.63. The second-order valence-electron chi connectivity index (χ2n) is 3.69. The van der Waals surface area contributed by atoms with E-state index in [-0.39, 0.29) is 7.05 Å². The Labute approximate surface area is 84.9 Å². The van der Waals surface area contributed by atoms with Crippen molar-refractivity contribution in [3.63, 3.8) is 0 Å². The number of nitrogens with zero attached hydrogens (tertiary/aromatic N) is 1. The van der Waals surface area contributed by atoms with Crippen LogP contribution in [-0.4, -0.2) is 30.0 Å². The fourth-order valence-corrected chi connectivity index (χ4v) is 1.78. The molecule has 0 spiro atoms. The van der Waals surface area contributed by atoms with Crippen LogP contribution in [0.25, 0.3) is 0 Å². The molecule has 0 radical (unpaired) electrons. The van der Waals surface area contributed by atoms with Crippen molar-refractivity contribution >= 4 is 12.7 Å². The average molecular weight is 190 g/mol. The maximum atomic E-state index is 9.53. The standard InChI is InChI=1S/C10H15BN2O/c1-11(14)13-7-6-12-10-5-3-2-4-9(10)8-13/h2-5,12,14H,6-8H2,1H3. The lowest BCUT2D eigenvalue weighted by atomic mass is 9.84. The van der Waals surface area contributed by atoms with E-state index in [2.05, 4.69) is 22.3 Å². The number of nitrogens with one attached hydrogen (secondary N) is 1. The summed E-state index contributed by atoms with van der Waals surface area (Å²) in [6.45, 7) is 4.41. The minimum atomic E-state index is -0.372. The lowest BCUT2D eigenvalue weighted by Crippen LogP contribution is -2.38. The summed E-state index contributed by atoms with van der Waals surface area (Å²) >= 11 is 0. The van der Waals surface area contributed by atoms with Crippen LogP contribution in [0.2, 0.25) is 6.82 Å². The third kappa shape index (κ3) is 1.91. The summed E-state index contributed by atoms with van der Waals surface area (Å²) in [7, 11) is -0.372. The van der Waals surface area contributed by atoms with Crippen LogP contribution in [0.5, 0.6) is 0 Å². The molecule has 0 unspecified atom stereocenters. The Morgan fingerprint density at radius 3 is 3.00 bits per heavy atom. The van der Waals surface area contributed by atoms with E-state index in [4.69, 9.17) is 0 Å². The van der Waals surface area contributed by atoms with Gasteiger partial charge in [-0.3, -0.25) is 0 Å². The molecule has 1 aliphatic heterocycles. The zero-order valence-corrected chi connectivity index (χ0v) is 8.40. The van der Waals surface area contributed by atoms with E-state index >= 15 is 0 Å². The van der Waals surface area contributed by atoms with Crippen molar-refractivity contribution in [2.75, 3.05) is 18.4 Å². The Balaban J connectivity index is 2.22. The zero-order chi connectivity index (χ0) is 9.97. The molecular weight excluding hydrogens is 175 g/mol. The minimum absolute atomic E-state index is 0.372. The SMILES string of the molecule is CB(O)N1CCNc2ccccc2C1. The van der Waals surface area contributed by atoms with Crippen molar-refractivity contribution < 1.29 is 5.02 Å². The highest BCUT2D eigenvalue weighted by molar-refractivity contribution is 6.45. The topological polar surface area (TPSA) is 35.5 Å². The molecule has 1 aliphatic rings. The predicted octanol–water partition coefficient (Wildman–Crippen LogP) is 1.02. The van der Waals surface area contributed by atoms with Crippen LogP contribution in [0.1, 0.15) is 5.56 Å². The van der Waals surface area contributed by atoms with E-state index in [0.29, 0.717) is 0 Å². The number of hydrogen-bond donors (Lipinski definition) is 2. The number of hydrogen-bond acceptors (Lipinski definition) is 3. The van der Waals surface area contributed by atoms with Crippen LogP contribution in [0.4, 0.5) is 5.69 Å². The Morgan fingerprint density at radius 1 is 1.43 bits per heavy atom. The minimum Gasteiger partial charge on any atom is -0.437 e. The fraction of sp³-hybridized carbons (Fsp3) is 0.400. The highest BCUT2D eigenvalue weighted by Crippen LogP contribution is 2.19. The maximum absolute atomic E-state index is 9.53. The Bertz CT molecular complexity index is 317. The summed E-state index contributed by atoms with van der Waals surface area (Å²) in [6.07, 6.45) is 0. The summed E-state index contributed by atoms with van der Waals surface area (Å²) in [4.78, 5) is 2.05. The van der Waals surface area contributed by atoms with E-state index in [9.17, 15) is 5.02 Å². The highest BCUT2D eigenvalue weighted by Gasteiger charge is 2.19.